The Bertz CT molecular complexity index is 257. The molecule has 0 unspecified atom stereocenters. The van der Waals surface area contributed by atoms with E-state index in [1.54, 1.807) is 0 Å². The Morgan fingerprint density at radius 1 is 0.667 bits per heavy atom. The summed E-state index contributed by atoms with van der Waals surface area (Å²) < 4.78 is 0. The molecule has 0 atom stereocenters. The van der Waals surface area contributed by atoms with Gasteiger partial charge in [0.1, 0.15) is 12.6 Å². The number of aldehydes is 2. The van der Waals surface area contributed by atoms with Gasteiger partial charge in [-0.15, -0.1) is 0 Å². The third-order valence-electron chi connectivity index (χ3n) is 3.86. The number of hydrogen-bond acceptors (Lipinski definition) is 3. The zero-order chi connectivity index (χ0) is 16.2. The molecule has 0 amide bonds. The van der Waals surface area contributed by atoms with Gasteiger partial charge in [-0.25, -0.2) is 0 Å². The van der Waals surface area contributed by atoms with Crippen LogP contribution in [0.5, 0.6) is 0 Å². The number of carbonyl (C=O) groups is 2. The lowest BCUT2D eigenvalue weighted by Gasteiger charge is -2.16. The van der Waals surface area contributed by atoms with E-state index in [2.05, 4.69) is 0 Å². The molecule has 21 heavy (non-hydrogen) atoms. The SMILES string of the molecule is CC(C)(C=O)CCCCCSCCCCCC(C)(C)C=O. The number of rotatable bonds is 14. The first-order valence-corrected chi connectivity index (χ1v) is 9.49. The molecule has 0 aliphatic rings. The Balaban J connectivity index is 3.27. The van der Waals surface area contributed by atoms with E-state index >= 15 is 0 Å². The highest BCUT2D eigenvalue weighted by Crippen LogP contribution is 2.22. The van der Waals surface area contributed by atoms with Crippen LogP contribution < -0.4 is 0 Å². The molecule has 0 radical (unpaired) electrons. The molecule has 2 nitrogen and oxygen atoms in total. The van der Waals surface area contributed by atoms with E-state index in [9.17, 15) is 9.59 Å². The van der Waals surface area contributed by atoms with Crippen molar-refractivity contribution in [2.45, 2.75) is 79.1 Å². The molecule has 0 N–H and O–H groups in total. The standard InChI is InChI=1S/C18H34O2S/c1-17(2,15-19)11-7-5-9-13-21-14-10-6-8-12-18(3,4)16-20/h15-16H,5-14H2,1-4H3. The Morgan fingerprint density at radius 2 is 1.05 bits per heavy atom. The molecule has 0 rings (SSSR count). The van der Waals surface area contributed by atoms with Crippen LogP contribution in [0.25, 0.3) is 0 Å². The third-order valence-corrected chi connectivity index (χ3v) is 5.01. The van der Waals surface area contributed by atoms with Crippen molar-refractivity contribution in [3.05, 3.63) is 0 Å². The summed E-state index contributed by atoms with van der Waals surface area (Å²) in [7, 11) is 0. The van der Waals surface area contributed by atoms with Gasteiger partial charge in [-0.1, -0.05) is 53.4 Å². The summed E-state index contributed by atoms with van der Waals surface area (Å²) in [5, 5.41) is 0. The van der Waals surface area contributed by atoms with E-state index in [4.69, 9.17) is 0 Å². The molecule has 0 saturated heterocycles. The van der Waals surface area contributed by atoms with Crippen LogP contribution in [0.4, 0.5) is 0 Å². The van der Waals surface area contributed by atoms with Gasteiger partial charge in [0.15, 0.2) is 0 Å². The lowest BCUT2D eigenvalue weighted by atomic mass is 9.89. The zero-order valence-electron chi connectivity index (χ0n) is 14.5. The van der Waals surface area contributed by atoms with Gasteiger partial charge in [-0.2, -0.15) is 11.8 Å². The molecule has 0 heterocycles. The Kier molecular flexibility index (Phi) is 11.1. The minimum atomic E-state index is -0.136. The summed E-state index contributed by atoms with van der Waals surface area (Å²) in [4.78, 5) is 21.6. The van der Waals surface area contributed by atoms with Crippen LogP contribution in [0.3, 0.4) is 0 Å². The van der Waals surface area contributed by atoms with Crippen molar-refractivity contribution in [1.29, 1.82) is 0 Å². The van der Waals surface area contributed by atoms with Crippen molar-refractivity contribution in [2.75, 3.05) is 11.5 Å². The zero-order valence-corrected chi connectivity index (χ0v) is 15.3. The average Bonchev–Trinajstić information content (AvgIpc) is 2.44. The Labute approximate surface area is 135 Å². The molecule has 0 aromatic rings. The molecule has 3 heteroatoms. The predicted molar refractivity (Wildman–Crippen MR) is 94.0 cm³/mol. The van der Waals surface area contributed by atoms with Gasteiger partial charge in [0, 0.05) is 10.8 Å². The van der Waals surface area contributed by atoms with Crippen molar-refractivity contribution in [2.24, 2.45) is 10.8 Å². The van der Waals surface area contributed by atoms with Gasteiger partial charge in [-0.3, -0.25) is 0 Å². The highest BCUT2D eigenvalue weighted by atomic mass is 32.2. The van der Waals surface area contributed by atoms with Gasteiger partial charge < -0.3 is 9.59 Å². The van der Waals surface area contributed by atoms with E-state index in [1.807, 2.05) is 39.5 Å². The number of hydrogen-bond donors (Lipinski definition) is 0. The predicted octanol–water partition coefficient (Wildman–Crippen LogP) is 5.29. The van der Waals surface area contributed by atoms with Gasteiger partial charge in [0.25, 0.3) is 0 Å². The van der Waals surface area contributed by atoms with Crippen molar-refractivity contribution >= 4 is 24.3 Å². The van der Waals surface area contributed by atoms with Crippen molar-refractivity contribution in [3.8, 4) is 0 Å². The highest BCUT2D eigenvalue weighted by molar-refractivity contribution is 7.99. The summed E-state index contributed by atoms with van der Waals surface area (Å²) in [5.74, 6) is 2.47. The summed E-state index contributed by atoms with van der Waals surface area (Å²) in [6.07, 6.45) is 11.5. The monoisotopic (exact) mass is 314 g/mol. The minimum Gasteiger partial charge on any atom is -0.303 e. The molecule has 0 fully saturated rings. The second-order valence-corrected chi connectivity index (χ2v) is 8.67. The first-order valence-electron chi connectivity index (χ1n) is 8.33. The normalized spacial score (nSPS) is 12.4. The summed E-state index contributed by atoms with van der Waals surface area (Å²) in [6, 6.07) is 0. The van der Waals surface area contributed by atoms with Crippen molar-refractivity contribution in [1.82, 2.24) is 0 Å². The molecule has 0 saturated carbocycles. The van der Waals surface area contributed by atoms with Crippen LogP contribution in [-0.2, 0) is 9.59 Å². The molecule has 0 aliphatic heterocycles. The molecule has 124 valence electrons. The molecular weight excluding hydrogens is 280 g/mol. The smallest absolute Gasteiger partial charge is 0.125 e. The molecule has 0 bridgehead atoms. The van der Waals surface area contributed by atoms with Crippen LogP contribution >= 0.6 is 11.8 Å². The van der Waals surface area contributed by atoms with Crippen LogP contribution in [-0.4, -0.2) is 24.1 Å². The Hall–Kier alpha value is -0.310. The number of carbonyl (C=O) groups excluding carboxylic acids is 2. The molecule has 0 aromatic heterocycles. The van der Waals surface area contributed by atoms with E-state index in [-0.39, 0.29) is 10.8 Å². The van der Waals surface area contributed by atoms with Gasteiger partial charge in [0.05, 0.1) is 0 Å². The van der Waals surface area contributed by atoms with Gasteiger partial charge in [-0.05, 0) is 37.2 Å². The van der Waals surface area contributed by atoms with Crippen LogP contribution in [0.2, 0.25) is 0 Å². The van der Waals surface area contributed by atoms with Crippen molar-refractivity contribution < 1.29 is 9.59 Å². The fraction of sp³-hybridized carbons (Fsp3) is 0.889. The van der Waals surface area contributed by atoms with Crippen LogP contribution in [0.1, 0.15) is 79.1 Å². The van der Waals surface area contributed by atoms with E-state index in [0.29, 0.717) is 0 Å². The maximum absolute atomic E-state index is 10.8. The molecular formula is C18H34O2S. The molecule has 0 aliphatic carbocycles. The maximum atomic E-state index is 10.8. The first-order chi connectivity index (χ1) is 9.83. The van der Waals surface area contributed by atoms with Crippen LogP contribution in [0.15, 0.2) is 0 Å². The third kappa shape index (κ3) is 13.1. The van der Waals surface area contributed by atoms with E-state index in [1.165, 1.54) is 37.2 Å². The van der Waals surface area contributed by atoms with E-state index < -0.39 is 0 Å². The quantitative estimate of drug-likeness (QED) is 0.323. The second kappa shape index (κ2) is 11.3. The van der Waals surface area contributed by atoms with Crippen LogP contribution in [0, 0.1) is 10.8 Å². The van der Waals surface area contributed by atoms with Gasteiger partial charge >= 0.3 is 0 Å². The average molecular weight is 315 g/mol. The highest BCUT2D eigenvalue weighted by Gasteiger charge is 2.15. The fourth-order valence-electron chi connectivity index (χ4n) is 2.14. The summed E-state index contributed by atoms with van der Waals surface area (Å²) in [5.41, 5.74) is -0.273. The minimum absolute atomic E-state index is 0.136. The molecule has 0 aromatic carbocycles. The number of unbranched alkanes of at least 4 members (excludes halogenated alkanes) is 4. The number of thioether (sulfide) groups is 1. The maximum Gasteiger partial charge on any atom is 0.125 e. The van der Waals surface area contributed by atoms with Crippen molar-refractivity contribution in [3.63, 3.8) is 0 Å². The summed E-state index contributed by atoms with van der Waals surface area (Å²) in [6.45, 7) is 8.06. The first kappa shape index (κ1) is 20.7. The topological polar surface area (TPSA) is 34.1 Å². The lowest BCUT2D eigenvalue weighted by Crippen LogP contribution is -2.12. The largest absolute Gasteiger partial charge is 0.303 e. The second-order valence-electron chi connectivity index (χ2n) is 7.45. The van der Waals surface area contributed by atoms with Gasteiger partial charge in [0.2, 0.25) is 0 Å². The summed E-state index contributed by atoms with van der Waals surface area (Å²) >= 11 is 2.04. The lowest BCUT2D eigenvalue weighted by molar-refractivity contribution is -0.115. The Morgan fingerprint density at radius 3 is 1.38 bits per heavy atom. The molecule has 0 spiro atoms. The van der Waals surface area contributed by atoms with E-state index in [0.717, 1.165) is 38.3 Å². The fourth-order valence-corrected chi connectivity index (χ4v) is 3.16.